The first-order chi connectivity index (χ1) is 22.1. The van der Waals surface area contributed by atoms with Crippen LogP contribution in [0.3, 0.4) is 0 Å². The van der Waals surface area contributed by atoms with E-state index in [0.717, 1.165) is 11.1 Å². The predicted molar refractivity (Wildman–Crippen MR) is 176 cm³/mol. The van der Waals surface area contributed by atoms with Crippen molar-refractivity contribution in [3.63, 3.8) is 0 Å². The lowest BCUT2D eigenvalue weighted by atomic mass is 9.34. The van der Waals surface area contributed by atoms with Crippen molar-refractivity contribution in [1.82, 2.24) is 4.40 Å². The van der Waals surface area contributed by atoms with E-state index >= 15 is 0 Å². The number of fused-ring (bicyclic) bond motifs is 7. The van der Waals surface area contributed by atoms with Crippen LogP contribution < -0.4 is 5.22 Å². The van der Waals surface area contributed by atoms with Crippen molar-refractivity contribution in [2.45, 2.75) is 83.0 Å². The largest absolute Gasteiger partial charge is 0.308 e. The topological polar surface area (TPSA) is 52.0 Å². The first kappa shape index (κ1) is 24.4. The molecule has 2 heterocycles. The van der Waals surface area contributed by atoms with E-state index in [1.54, 1.807) is 10.8 Å². The number of allylic oxidation sites excluding steroid dienone is 4. The van der Waals surface area contributed by atoms with Gasteiger partial charge in [-0.15, -0.1) is 0 Å². The zero-order valence-electron chi connectivity index (χ0n) is 25.8. The van der Waals surface area contributed by atoms with Crippen molar-refractivity contribution < 1.29 is 0 Å². The van der Waals surface area contributed by atoms with Gasteiger partial charge < -0.3 is 4.40 Å². The summed E-state index contributed by atoms with van der Waals surface area (Å²) >= 11 is 0. The highest BCUT2D eigenvalue weighted by Crippen LogP contribution is 2.86. The lowest BCUT2D eigenvalue weighted by Gasteiger charge is -2.69. The Hall–Kier alpha value is -3.82. The number of rotatable bonds is 0. The zero-order valence-corrected chi connectivity index (χ0v) is 25.8. The number of benzene rings is 2. The second-order valence-corrected chi connectivity index (χ2v) is 16.5. The summed E-state index contributed by atoms with van der Waals surface area (Å²) in [5.74, 6) is 2.36. The van der Waals surface area contributed by atoms with Crippen molar-refractivity contribution in [3.05, 3.63) is 82.1 Å². The molecule has 0 aliphatic heterocycles. The van der Waals surface area contributed by atoms with E-state index in [9.17, 15) is 10.5 Å². The highest BCUT2D eigenvalue weighted by molar-refractivity contribution is 6.06. The van der Waals surface area contributed by atoms with E-state index in [1.165, 1.54) is 104 Å². The second-order valence-electron chi connectivity index (χ2n) is 16.5. The van der Waals surface area contributed by atoms with Crippen LogP contribution in [0.25, 0.3) is 32.9 Å². The Balaban J connectivity index is 1.37. The van der Waals surface area contributed by atoms with Gasteiger partial charge in [0, 0.05) is 32.7 Å². The fourth-order valence-electron chi connectivity index (χ4n) is 15.4. The normalized spacial score (nSPS) is 41.0. The molecule has 0 radical (unpaired) electrons. The smallest absolute Gasteiger partial charge is 0.0992 e. The predicted octanol–water partition coefficient (Wildman–Crippen LogP) is 9.01. The summed E-state index contributed by atoms with van der Waals surface area (Å²) in [5.41, 5.74) is 12.0. The lowest BCUT2D eigenvalue weighted by molar-refractivity contribution is -0.0757. The zero-order chi connectivity index (χ0) is 29.5. The van der Waals surface area contributed by atoms with Gasteiger partial charge in [0.2, 0.25) is 0 Å². The van der Waals surface area contributed by atoms with Gasteiger partial charge in [-0.05, 0) is 115 Å². The van der Waals surface area contributed by atoms with Crippen LogP contribution in [0.4, 0.5) is 0 Å². The Morgan fingerprint density at radius 3 is 2.02 bits per heavy atom. The molecule has 0 saturated heterocycles. The number of hydrogen-bond donors (Lipinski definition) is 0. The third-order valence-corrected chi connectivity index (χ3v) is 16.1. The van der Waals surface area contributed by atoms with Crippen LogP contribution in [-0.4, -0.2) is 4.40 Å². The summed E-state index contributed by atoms with van der Waals surface area (Å²) in [6, 6.07) is 18.0. The molecule has 2 aromatic heterocycles. The van der Waals surface area contributed by atoms with Gasteiger partial charge >= 0.3 is 0 Å². The summed E-state index contributed by atoms with van der Waals surface area (Å²) in [7, 11) is 0. The van der Waals surface area contributed by atoms with Crippen LogP contribution in [-0.2, 0) is 0 Å². The minimum atomic E-state index is 0.253. The van der Waals surface area contributed by atoms with Crippen molar-refractivity contribution in [1.29, 1.82) is 10.5 Å². The van der Waals surface area contributed by atoms with Crippen LogP contribution in [0, 0.1) is 62.1 Å². The molecule has 6 saturated carbocycles. The van der Waals surface area contributed by atoms with E-state index in [0.29, 0.717) is 39.9 Å². The molecule has 45 heavy (non-hydrogen) atoms. The quantitative estimate of drug-likeness (QED) is 0.207. The summed E-state index contributed by atoms with van der Waals surface area (Å²) in [6.45, 7) is 0. The summed E-state index contributed by atoms with van der Waals surface area (Å²) in [6.07, 6.45) is 24.3. The molecule has 220 valence electrons. The molecule has 3 nitrogen and oxygen atoms in total. The van der Waals surface area contributed by atoms with Gasteiger partial charge in [-0.3, -0.25) is 0 Å². The second kappa shape index (κ2) is 7.42. The van der Waals surface area contributed by atoms with E-state index in [4.69, 9.17) is 0 Å². The molecular formula is C42H37N3. The van der Waals surface area contributed by atoms with Gasteiger partial charge in [-0.2, -0.15) is 10.5 Å². The molecule has 12 rings (SSSR count). The molecule has 0 N–H and O–H groups in total. The Kier molecular flexibility index (Phi) is 4.03. The lowest BCUT2D eigenvalue weighted by Crippen LogP contribution is -2.62. The van der Waals surface area contributed by atoms with Crippen LogP contribution in [0.15, 0.2) is 60.2 Å². The maximum atomic E-state index is 10.1. The molecule has 0 amide bonds. The Morgan fingerprint density at radius 1 is 0.689 bits per heavy atom. The Morgan fingerprint density at radius 2 is 1.31 bits per heavy atom. The average molecular weight is 584 g/mol. The maximum Gasteiger partial charge on any atom is 0.0992 e. The van der Waals surface area contributed by atoms with Crippen molar-refractivity contribution in [3.8, 4) is 12.1 Å². The molecule has 4 unspecified atom stereocenters. The number of nitrogens with zero attached hydrogens (tertiary/aromatic N) is 3. The van der Waals surface area contributed by atoms with Gasteiger partial charge in [0.25, 0.3) is 0 Å². The molecule has 3 heteroatoms. The molecular weight excluding hydrogens is 546 g/mol. The fourth-order valence-corrected chi connectivity index (χ4v) is 15.4. The third kappa shape index (κ3) is 2.23. The molecule has 6 fully saturated rings. The van der Waals surface area contributed by atoms with Crippen LogP contribution >= 0.6 is 0 Å². The van der Waals surface area contributed by atoms with Crippen molar-refractivity contribution >= 4 is 32.9 Å². The van der Waals surface area contributed by atoms with E-state index in [-0.39, 0.29) is 5.41 Å². The maximum absolute atomic E-state index is 10.1. The molecule has 2 aromatic carbocycles. The van der Waals surface area contributed by atoms with Gasteiger partial charge in [-0.1, -0.05) is 61.6 Å². The first-order valence-corrected chi connectivity index (χ1v) is 17.9. The van der Waals surface area contributed by atoms with E-state index < -0.39 is 0 Å². The minimum absolute atomic E-state index is 0.253. The van der Waals surface area contributed by atoms with Crippen molar-refractivity contribution in [2.24, 2.45) is 39.4 Å². The summed E-state index contributed by atoms with van der Waals surface area (Å²) in [4.78, 5) is 0. The highest BCUT2D eigenvalue weighted by atomic mass is 14.9. The molecule has 0 bridgehead atoms. The minimum Gasteiger partial charge on any atom is -0.308 e. The molecule has 8 aliphatic rings. The van der Waals surface area contributed by atoms with Crippen LogP contribution in [0.5, 0.6) is 0 Å². The standard InChI is InChI=1S/C42H37N3/c43-22-24-8-10-26-30(20-24)45-31-21-25(23-44)9-11-27(31)33-37-35-34-28(6-1-7-29(34)40-14-4-18-42(37,40)19-5-15-40)39-12-2-16-41(39,17-3-13-39)36(35)32(26)38(33)45/h1,6-11,20-21,28,34-36H,2-5,12-19H2. The monoisotopic (exact) mass is 583 g/mol. The van der Waals surface area contributed by atoms with Crippen LogP contribution in [0.2, 0.25) is 0 Å². The third-order valence-electron chi connectivity index (χ3n) is 16.1. The van der Waals surface area contributed by atoms with Crippen molar-refractivity contribution in [2.75, 3.05) is 0 Å². The molecule has 8 aliphatic carbocycles. The van der Waals surface area contributed by atoms with Gasteiger partial charge in [-0.25, -0.2) is 0 Å². The fraction of sp³-hybridized carbons (Fsp3) is 0.476. The van der Waals surface area contributed by atoms with Crippen LogP contribution in [0.1, 0.15) is 99.7 Å². The SMILES string of the molecule is N#Cc1ccc2c3c4c(c5ccc(C#N)cc5n4c2c1)=C1C2C4C(=CC=CC4C45CCCC4(CCC5)C32)C23CCCC12CCC3. The van der Waals surface area contributed by atoms with Gasteiger partial charge in [0.1, 0.15) is 0 Å². The summed E-state index contributed by atoms with van der Waals surface area (Å²) in [5, 5.41) is 24.4. The highest BCUT2D eigenvalue weighted by Gasteiger charge is 2.77. The first-order valence-electron chi connectivity index (χ1n) is 17.9. The molecule has 0 spiro atoms. The Labute approximate surface area is 263 Å². The number of hydrogen-bond acceptors (Lipinski definition) is 2. The van der Waals surface area contributed by atoms with Gasteiger partial charge in [0.05, 0.1) is 39.8 Å². The number of nitriles is 2. The van der Waals surface area contributed by atoms with Gasteiger partial charge in [0.15, 0.2) is 0 Å². The average Bonchev–Trinajstić information content (AvgIpc) is 3.89. The van der Waals surface area contributed by atoms with E-state index in [2.05, 4.69) is 71.2 Å². The molecule has 4 atom stereocenters. The molecule has 4 aromatic rings. The Bertz CT molecular complexity index is 2290. The van der Waals surface area contributed by atoms with E-state index in [1.807, 2.05) is 11.1 Å². The summed E-state index contributed by atoms with van der Waals surface area (Å²) < 4.78 is 2.54. The number of aromatic nitrogens is 1.